The summed E-state index contributed by atoms with van der Waals surface area (Å²) in [5.41, 5.74) is 0.244. The van der Waals surface area contributed by atoms with Crippen LogP contribution < -0.4 is 10.1 Å². The van der Waals surface area contributed by atoms with Crippen LogP contribution in [0.2, 0.25) is 0 Å². The summed E-state index contributed by atoms with van der Waals surface area (Å²) >= 11 is 3.52. The van der Waals surface area contributed by atoms with Gasteiger partial charge in [-0.25, -0.2) is 4.79 Å². The number of ether oxygens (including phenoxy) is 2. The van der Waals surface area contributed by atoms with Gasteiger partial charge in [0.25, 0.3) is 0 Å². The summed E-state index contributed by atoms with van der Waals surface area (Å²) in [6, 6.07) is 5.52. The summed E-state index contributed by atoms with van der Waals surface area (Å²) < 4.78 is 12.3. The Morgan fingerprint density at radius 2 is 1.96 bits per heavy atom. The van der Waals surface area contributed by atoms with Crippen molar-refractivity contribution >= 4 is 33.6 Å². The van der Waals surface area contributed by atoms with E-state index < -0.39 is 5.60 Å². The van der Waals surface area contributed by atoms with Crippen molar-refractivity contribution in [1.29, 1.82) is 0 Å². The largest absolute Gasteiger partial charge is 0.490 e. The third kappa shape index (κ3) is 5.87. The predicted octanol–water partition coefficient (Wildman–Crippen LogP) is 4.97. The number of likely N-dealkylation sites (tertiary alicyclic amines) is 1. The number of nitrogens with one attached hydrogen (secondary N) is 1. The maximum atomic E-state index is 12.5. The molecule has 1 aromatic rings. The summed E-state index contributed by atoms with van der Waals surface area (Å²) in [5, 5.41) is 2.93. The molecule has 1 N–H and O–H groups in total. The lowest BCUT2D eigenvalue weighted by atomic mass is 10.0. The Hall–Kier alpha value is -1.76. The Morgan fingerprint density at radius 1 is 1.21 bits per heavy atom. The van der Waals surface area contributed by atoms with Crippen LogP contribution in [0.15, 0.2) is 22.7 Å². The molecule has 0 unspecified atom stereocenters. The van der Waals surface area contributed by atoms with Gasteiger partial charge in [-0.3, -0.25) is 4.79 Å². The van der Waals surface area contributed by atoms with Crippen molar-refractivity contribution in [3.05, 3.63) is 22.7 Å². The topological polar surface area (TPSA) is 67.9 Å². The van der Waals surface area contributed by atoms with E-state index in [1.54, 1.807) is 4.90 Å². The molecule has 7 heteroatoms. The van der Waals surface area contributed by atoms with E-state index in [-0.39, 0.29) is 24.0 Å². The Balaban J connectivity index is 1.58. The fourth-order valence-electron chi connectivity index (χ4n) is 3.21. The molecule has 6 nitrogen and oxygen atoms in total. The molecule has 1 saturated heterocycles. The van der Waals surface area contributed by atoms with E-state index in [0.29, 0.717) is 18.9 Å². The van der Waals surface area contributed by atoms with Crippen molar-refractivity contribution in [2.24, 2.45) is 5.92 Å². The third-order valence-electron chi connectivity index (χ3n) is 4.83. The van der Waals surface area contributed by atoms with Crippen molar-refractivity contribution in [3.8, 4) is 5.75 Å². The molecule has 1 aliphatic heterocycles. The number of halogens is 1. The van der Waals surface area contributed by atoms with Gasteiger partial charge in [0.05, 0.1) is 10.5 Å². The van der Waals surface area contributed by atoms with E-state index in [1.165, 1.54) is 0 Å². The molecular formula is C21H29BrN2O4. The first kappa shape index (κ1) is 21.0. The molecule has 28 heavy (non-hydrogen) atoms. The quantitative estimate of drug-likeness (QED) is 0.684. The van der Waals surface area contributed by atoms with Crippen LogP contribution in [-0.2, 0) is 9.53 Å². The number of hydrogen-bond acceptors (Lipinski definition) is 4. The number of carbonyl (C=O) groups excluding carboxylic acids is 2. The molecule has 2 aliphatic rings. The maximum Gasteiger partial charge on any atom is 0.410 e. The second-order valence-electron chi connectivity index (χ2n) is 8.54. The Kier molecular flexibility index (Phi) is 6.53. The van der Waals surface area contributed by atoms with Crippen molar-refractivity contribution in [2.45, 2.75) is 64.5 Å². The molecule has 1 atom stereocenters. The molecule has 2 amide bonds. The number of piperidine rings is 1. The van der Waals surface area contributed by atoms with Crippen LogP contribution in [-0.4, -0.2) is 41.7 Å². The number of rotatable bonds is 5. The Morgan fingerprint density at radius 3 is 2.61 bits per heavy atom. The van der Waals surface area contributed by atoms with Crippen molar-refractivity contribution < 1.29 is 19.1 Å². The van der Waals surface area contributed by atoms with Gasteiger partial charge in [0, 0.05) is 18.2 Å². The maximum absolute atomic E-state index is 12.5. The standard InChI is InChI=1S/C21H29BrN2O4/c1-21(2,3)28-20(26)24-11-5-4-6-16(24)13-27-18-10-9-15(12-17(18)22)23-19(25)14-7-8-14/h9-10,12,14,16H,4-8,11,13H2,1-3H3,(H,23,25)/t16-/m0/s1. The van der Waals surface area contributed by atoms with Gasteiger partial charge in [0.1, 0.15) is 18.0 Å². The first-order valence-corrected chi connectivity index (χ1v) is 10.7. The molecular weight excluding hydrogens is 424 g/mol. The lowest BCUT2D eigenvalue weighted by Gasteiger charge is -2.36. The zero-order valence-corrected chi connectivity index (χ0v) is 18.4. The highest BCUT2D eigenvalue weighted by Crippen LogP contribution is 2.33. The number of anilines is 1. The van der Waals surface area contributed by atoms with Crippen molar-refractivity contribution in [2.75, 3.05) is 18.5 Å². The van der Waals surface area contributed by atoms with E-state index in [4.69, 9.17) is 9.47 Å². The molecule has 154 valence electrons. The highest BCUT2D eigenvalue weighted by molar-refractivity contribution is 9.10. The van der Waals surface area contributed by atoms with Gasteiger partial charge in [-0.15, -0.1) is 0 Å². The molecule has 0 aromatic heterocycles. The predicted molar refractivity (Wildman–Crippen MR) is 112 cm³/mol. The van der Waals surface area contributed by atoms with Crippen LogP contribution in [0.3, 0.4) is 0 Å². The number of amides is 2. The number of hydrogen-bond donors (Lipinski definition) is 1. The lowest BCUT2D eigenvalue weighted by Crippen LogP contribution is -2.48. The number of carbonyl (C=O) groups is 2. The van der Waals surface area contributed by atoms with E-state index in [9.17, 15) is 9.59 Å². The third-order valence-corrected chi connectivity index (χ3v) is 5.45. The number of benzene rings is 1. The number of nitrogens with zero attached hydrogens (tertiary/aromatic N) is 1. The molecule has 2 fully saturated rings. The zero-order chi connectivity index (χ0) is 20.3. The summed E-state index contributed by atoms with van der Waals surface area (Å²) in [7, 11) is 0. The monoisotopic (exact) mass is 452 g/mol. The minimum Gasteiger partial charge on any atom is -0.490 e. The smallest absolute Gasteiger partial charge is 0.410 e. The molecule has 1 aromatic carbocycles. The van der Waals surface area contributed by atoms with Crippen molar-refractivity contribution in [3.63, 3.8) is 0 Å². The summed E-state index contributed by atoms with van der Waals surface area (Å²) in [5.74, 6) is 0.940. The van der Waals surface area contributed by atoms with E-state index >= 15 is 0 Å². The van der Waals surface area contributed by atoms with E-state index in [1.807, 2.05) is 39.0 Å². The highest BCUT2D eigenvalue weighted by Gasteiger charge is 2.31. The molecule has 1 aliphatic carbocycles. The first-order chi connectivity index (χ1) is 13.2. The van der Waals surface area contributed by atoms with E-state index in [2.05, 4.69) is 21.2 Å². The van der Waals surface area contributed by atoms with Crippen LogP contribution in [0.5, 0.6) is 5.75 Å². The SMILES string of the molecule is CC(C)(C)OC(=O)N1CCCC[C@H]1COc1ccc(NC(=O)C2CC2)cc1Br. The first-order valence-electron chi connectivity index (χ1n) is 9.96. The minimum atomic E-state index is -0.510. The summed E-state index contributed by atoms with van der Waals surface area (Å²) in [4.78, 5) is 26.2. The van der Waals surface area contributed by atoms with Gasteiger partial charge < -0.3 is 19.7 Å². The molecule has 3 rings (SSSR count). The summed E-state index contributed by atoms with van der Waals surface area (Å²) in [6.07, 6.45) is 4.62. The van der Waals surface area contributed by atoms with Crippen LogP contribution in [0.4, 0.5) is 10.5 Å². The molecule has 0 spiro atoms. The Labute approximate surface area is 175 Å². The summed E-state index contributed by atoms with van der Waals surface area (Å²) in [6.45, 7) is 6.73. The van der Waals surface area contributed by atoms with Gasteiger partial charge in [0.2, 0.25) is 5.91 Å². The van der Waals surface area contributed by atoms with Crippen LogP contribution in [0.25, 0.3) is 0 Å². The van der Waals surface area contributed by atoms with Gasteiger partial charge in [-0.1, -0.05) is 0 Å². The van der Waals surface area contributed by atoms with Crippen molar-refractivity contribution in [1.82, 2.24) is 4.90 Å². The average molecular weight is 453 g/mol. The normalized spacial score (nSPS) is 19.9. The van der Waals surface area contributed by atoms with Crippen LogP contribution in [0, 0.1) is 5.92 Å². The molecule has 0 radical (unpaired) electrons. The van der Waals surface area contributed by atoms with Gasteiger partial charge in [0.15, 0.2) is 0 Å². The van der Waals surface area contributed by atoms with Gasteiger partial charge in [-0.2, -0.15) is 0 Å². The average Bonchev–Trinajstić information content (AvgIpc) is 3.45. The zero-order valence-electron chi connectivity index (χ0n) is 16.8. The second kappa shape index (κ2) is 8.72. The van der Waals surface area contributed by atoms with Crippen LogP contribution in [0.1, 0.15) is 52.9 Å². The molecule has 0 bridgehead atoms. The van der Waals surface area contributed by atoms with Gasteiger partial charge >= 0.3 is 6.09 Å². The fraction of sp³-hybridized carbons (Fsp3) is 0.619. The lowest BCUT2D eigenvalue weighted by molar-refractivity contribution is -0.117. The minimum absolute atomic E-state index is 0.00949. The van der Waals surface area contributed by atoms with E-state index in [0.717, 1.165) is 42.3 Å². The second-order valence-corrected chi connectivity index (χ2v) is 9.40. The molecule has 1 saturated carbocycles. The Bertz CT molecular complexity index is 728. The fourth-order valence-corrected chi connectivity index (χ4v) is 3.70. The molecule has 1 heterocycles. The highest BCUT2D eigenvalue weighted by atomic mass is 79.9. The van der Waals surface area contributed by atoms with Crippen LogP contribution >= 0.6 is 15.9 Å². The van der Waals surface area contributed by atoms with Gasteiger partial charge in [-0.05, 0) is 87.0 Å².